The van der Waals surface area contributed by atoms with E-state index in [1.807, 2.05) is 47.0 Å². The number of amides is 3. The van der Waals surface area contributed by atoms with E-state index in [0.29, 0.717) is 25.6 Å². The number of carbonyl (C=O) groups is 2. The van der Waals surface area contributed by atoms with Crippen molar-refractivity contribution >= 4 is 28.9 Å². The highest BCUT2D eigenvalue weighted by atomic mass is 16.2. The second kappa shape index (κ2) is 8.77. The third kappa shape index (κ3) is 4.39. The van der Waals surface area contributed by atoms with Crippen molar-refractivity contribution in [2.75, 3.05) is 24.5 Å². The average Bonchev–Trinajstić information content (AvgIpc) is 3.31. The molecule has 1 aromatic heterocycles. The van der Waals surface area contributed by atoms with Gasteiger partial charge < -0.3 is 15.2 Å². The van der Waals surface area contributed by atoms with Crippen LogP contribution < -0.4 is 15.5 Å². The molecule has 0 saturated heterocycles. The van der Waals surface area contributed by atoms with Crippen LogP contribution in [0.2, 0.25) is 0 Å². The zero-order valence-electron chi connectivity index (χ0n) is 16.3. The van der Waals surface area contributed by atoms with Gasteiger partial charge in [-0.25, -0.2) is 9.78 Å². The van der Waals surface area contributed by atoms with Gasteiger partial charge in [0.1, 0.15) is 0 Å². The summed E-state index contributed by atoms with van der Waals surface area (Å²) < 4.78 is 2.05. The Labute approximate surface area is 169 Å². The van der Waals surface area contributed by atoms with Gasteiger partial charge in [-0.3, -0.25) is 9.69 Å². The zero-order chi connectivity index (χ0) is 20.1. The number of nitrogens with one attached hydrogen (secondary N) is 2. The van der Waals surface area contributed by atoms with E-state index < -0.39 is 0 Å². The van der Waals surface area contributed by atoms with E-state index in [1.165, 1.54) is 5.56 Å². The molecule has 0 atom stereocenters. The molecule has 2 N–H and O–H groups in total. The standard InChI is InChI=1S/C22H25N5O2/c28-20(23-13-6-9-17-7-2-1-3-8-17)12-14-24-22(29)27-16-15-26-19-11-5-4-10-18(19)25-21(26)27/h1-5,7-8,10-11H,6,9,12-16H2,(H,23,28)(H,24,29). The van der Waals surface area contributed by atoms with Crippen molar-refractivity contribution in [1.82, 2.24) is 20.2 Å². The predicted octanol–water partition coefficient (Wildman–Crippen LogP) is 2.71. The van der Waals surface area contributed by atoms with E-state index in [0.717, 1.165) is 30.4 Å². The maximum absolute atomic E-state index is 12.5. The van der Waals surface area contributed by atoms with Crippen molar-refractivity contribution in [3.63, 3.8) is 0 Å². The number of anilines is 1. The fourth-order valence-electron chi connectivity index (χ4n) is 3.61. The molecule has 0 spiro atoms. The highest BCUT2D eigenvalue weighted by molar-refractivity contribution is 5.94. The highest BCUT2D eigenvalue weighted by Crippen LogP contribution is 2.26. The number of aryl methyl sites for hydroxylation is 1. The molecule has 4 rings (SSSR count). The summed E-state index contributed by atoms with van der Waals surface area (Å²) in [5.41, 5.74) is 3.19. The molecule has 2 aromatic carbocycles. The third-order valence-corrected chi connectivity index (χ3v) is 5.10. The first-order valence-corrected chi connectivity index (χ1v) is 10.0. The van der Waals surface area contributed by atoms with Gasteiger partial charge in [0.25, 0.3) is 0 Å². The normalized spacial score (nSPS) is 12.8. The van der Waals surface area contributed by atoms with Crippen LogP contribution in [0.4, 0.5) is 10.7 Å². The van der Waals surface area contributed by atoms with Gasteiger partial charge in [-0.1, -0.05) is 42.5 Å². The number of fused-ring (bicyclic) bond motifs is 3. The van der Waals surface area contributed by atoms with Crippen LogP contribution in [0.3, 0.4) is 0 Å². The Balaban J connectivity index is 1.18. The Bertz CT molecular complexity index is 999. The predicted molar refractivity (Wildman–Crippen MR) is 113 cm³/mol. The molecule has 150 valence electrons. The molecule has 0 aliphatic carbocycles. The maximum Gasteiger partial charge on any atom is 0.324 e. The highest BCUT2D eigenvalue weighted by Gasteiger charge is 2.28. The van der Waals surface area contributed by atoms with Gasteiger partial charge in [-0.2, -0.15) is 0 Å². The minimum Gasteiger partial charge on any atom is -0.356 e. The van der Waals surface area contributed by atoms with Gasteiger partial charge in [0, 0.05) is 32.6 Å². The first-order chi connectivity index (χ1) is 14.2. The SMILES string of the molecule is O=C(CCNC(=O)N1CCn2c1nc1ccccc12)NCCCc1ccccc1. The van der Waals surface area contributed by atoms with Gasteiger partial charge in [0.05, 0.1) is 11.0 Å². The molecule has 0 radical (unpaired) electrons. The minimum absolute atomic E-state index is 0.0491. The van der Waals surface area contributed by atoms with Gasteiger partial charge in [0.15, 0.2) is 0 Å². The summed E-state index contributed by atoms with van der Waals surface area (Å²) in [6, 6.07) is 17.9. The van der Waals surface area contributed by atoms with E-state index >= 15 is 0 Å². The quantitative estimate of drug-likeness (QED) is 0.608. The lowest BCUT2D eigenvalue weighted by atomic mass is 10.1. The molecular formula is C22H25N5O2. The number of nitrogens with zero attached hydrogens (tertiary/aromatic N) is 3. The number of hydrogen-bond acceptors (Lipinski definition) is 3. The Morgan fingerprint density at radius 3 is 2.59 bits per heavy atom. The third-order valence-electron chi connectivity index (χ3n) is 5.10. The van der Waals surface area contributed by atoms with Crippen LogP contribution in [0, 0.1) is 0 Å². The van der Waals surface area contributed by atoms with Crippen LogP contribution >= 0.6 is 0 Å². The smallest absolute Gasteiger partial charge is 0.324 e. The van der Waals surface area contributed by atoms with Crippen molar-refractivity contribution in [1.29, 1.82) is 0 Å². The Morgan fingerprint density at radius 1 is 0.931 bits per heavy atom. The maximum atomic E-state index is 12.5. The second-order valence-corrected chi connectivity index (χ2v) is 7.12. The van der Waals surface area contributed by atoms with Crippen molar-refractivity contribution in [3.05, 3.63) is 60.2 Å². The van der Waals surface area contributed by atoms with Gasteiger partial charge in [-0.15, -0.1) is 0 Å². The molecule has 29 heavy (non-hydrogen) atoms. The topological polar surface area (TPSA) is 79.3 Å². The Kier molecular flexibility index (Phi) is 5.74. The number of carbonyl (C=O) groups excluding carboxylic acids is 2. The molecule has 1 aliphatic heterocycles. The summed E-state index contributed by atoms with van der Waals surface area (Å²) >= 11 is 0. The lowest BCUT2D eigenvalue weighted by Crippen LogP contribution is -2.41. The molecular weight excluding hydrogens is 366 g/mol. The van der Waals surface area contributed by atoms with Crippen LogP contribution in [0.1, 0.15) is 18.4 Å². The lowest BCUT2D eigenvalue weighted by molar-refractivity contribution is -0.120. The Hall–Kier alpha value is -3.35. The van der Waals surface area contributed by atoms with Crippen molar-refractivity contribution in [3.8, 4) is 0 Å². The van der Waals surface area contributed by atoms with Gasteiger partial charge in [-0.05, 0) is 30.5 Å². The fraction of sp³-hybridized carbons (Fsp3) is 0.318. The first kappa shape index (κ1) is 19.0. The largest absolute Gasteiger partial charge is 0.356 e. The van der Waals surface area contributed by atoms with Crippen molar-refractivity contribution < 1.29 is 9.59 Å². The van der Waals surface area contributed by atoms with E-state index in [4.69, 9.17) is 0 Å². The van der Waals surface area contributed by atoms with Crippen molar-refractivity contribution in [2.24, 2.45) is 0 Å². The number of para-hydroxylation sites is 2. The first-order valence-electron chi connectivity index (χ1n) is 10.0. The lowest BCUT2D eigenvalue weighted by Gasteiger charge is -2.15. The number of aromatic nitrogens is 2. The van der Waals surface area contributed by atoms with Gasteiger partial charge in [0.2, 0.25) is 11.9 Å². The molecule has 7 nitrogen and oxygen atoms in total. The van der Waals surface area contributed by atoms with Crippen LogP contribution in [0.25, 0.3) is 11.0 Å². The molecule has 0 fully saturated rings. The second-order valence-electron chi connectivity index (χ2n) is 7.12. The molecule has 2 heterocycles. The van der Waals surface area contributed by atoms with Crippen LogP contribution in [0.15, 0.2) is 54.6 Å². The average molecular weight is 391 g/mol. The summed E-state index contributed by atoms with van der Waals surface area (Å²) in [6.45, 7) is 2.26. The number of imidazole rings is 1. The van der Waals surface area contributed by atoms with E-state index in [1.54, 1.807) is 4.90 Å². The number of hydrogen-bond donors (Lipinski definition) is 2. The molecule has 1 aliphatic rings. The number of urea groups is 1. The summed E-state index contributed by atoms with van der Waals surface area (Å²) in [7, 11) is 0. The molecule has 0 saturated carbocycles. The molecule has 3 amide bonds. The molecule has 0 bridgehead atoms. The van der Waals surface area contributed by atoms with Crippen LogP contribution in [0.5, 0.6) is 0 Å². The molecule has 7 heteroatoms. The van der Waals surface area contributed by atoms with Crippen molar-refractivity contribution in [2.45, 2.75) is 25.8 Å². The zero-order valence-corrected chi connectivity index (χ0v) is 16.3. The summed E-state index contributed by atoms with van der Waals surface area (Å²) in [5, 5.41) is 5.74. The molecule has 0 unspecified atom stereocenters. The van der Waals surface area contributed by atoms with E-state index in [-0.39, 0.29) is 18.4 Å². The number of benzene rings is 2. The van der Waals surface area contributed by atoms with E-state index in [2.05, 4.69) is 27.8 Å². The van der Waals surface area contributed by atoms with E-state index in [9.17, 15) is 9.59 Å². The Morgan fingerprint density at radius 2 is 1.72 bits per heavy atom. The molecule has 3 aromatic rings. The van der Waals surface area contributed by atoms with Gasteiger partial charge >= 0.3 is 6.03 Å². The van der Waals surface area contributed by atoms with Crippen LogP contribution in [-0.2, 0) is 17.8 Å². The van der Waals surface area contributed by atoms with Crippen LogP contribution in [-0.4, -0.2) is 41.1 Å². The fourth-order valence-corrected chi connectivity index (χ4v) is 3.61. The summed E-state index contributed by atoms with van der Waals surface area (Å²) in [5.74, 6) is 0.612. The summed E-state index contributed by atoms with van der Waals surface area (Å²) in [6.07, 6.45) is 2.10. The monoisotopic (exact) mass is 391 g/mol. The summed E-state index contributed by atoms with van der Waals surface area (Å²) in [4.78, 5) is 30.7. The minimum atomic E-state index is -0.212. The number of rotatable bonds is 7.